The molecule has 0 aliphatic rings. The quantitative estimate of drug-likeness (QED) is 0.734. The minimum atomic E-state index is -0.734. The molecular weight excluding hydrogens is 219 g/mol. The molecule has 1 unspecified atom stereocenters. The van der Waals surface area contributed by atoms with Gasteiger partial charge in [-0.1, -0.05) is 44.7 Å². The molecular formula is C14H21FO2. The molecule has 2 nitrogen and oxygen atoms in total. The molecule has 1 aromatic carbocycles. The molecule has 3 heteroatoms. The lowest BCUT2D eigenvalue weighted by atomic mass is 10.0. The molecule has 0 aliphatic carbocycles. The first-order valence-electron chi connectivity index (χ1n) is 6.21. The predicted molar refractivity (Wildman–Crippen MR) is 66.7 cm³/mol. The smallest absolute Gasteiger partial charge is 0.170 e. The summed E-state index contributed by atoms with van der Waals surface area (Å²) >= 11 is 0. The lowest BCUT2D eigenvalue weighted by Crippen LogP contribution is -2.02. The largest absolute Gasteiger partial charge is 0.494 e. The lowest BCUT2D eigenvalue weighted by molar-refractivity contribution is 0.158. The second kappa shape index (κ2) is 7.28. The van der Waals surface area contributed by atoms with Gasteiger partial charge in [0.1, 0.15) is 0 Å². The van der Waals surface area contributed by atoms with Gasteiger partial charge in [0.15, 0.2) is 11.6 Å². The van der Waals surface area contributed by atoms with E-state index in [4.69, 9.17) is 4.74 Å². The molecule has 0 fully saturated rings. The molecule has 17 heavy (non-hydrogen) atoms. The fourth-order valence-corrected chi connectivity index (χ4v) is 1.86. The summed E-state index contributed by atoms with van der Waals surface area (Å²) in [7, 11) is 1.43. The summed E-state index contributed by atoms with van der Waals surface area (Å²) in [5, 5.41) is 9.93. The van der Waals surface area contributed by atoms with Gasteiger partial charge in [-0.3, -0.25) is 0 Å². The molecule has 1 aromatic rings. The zero-order valence-electron chi connectivity index (χ0n) is 10.6. The van der Waals surface area contributed by atoms with E-state index in [9.17, 15) is 9.50 Å². The second-order valence-corrected chi connectivity index (χ2v) is 4.23. The monoisotopic (exact) mass is 240 g/mol. The van der Waals surface area contributed by atoms with Gasteiger partial charge < -0.3 is 9.84 Å². The highest BCUT2D eigenvalue weighted by Gasteiger charge is 2.15. The Morgan fingerprint density at radius 2 is 2.06 bits per heavy atom. The van der Waals surface area contributed by atoms with E-state index in [2.05, 4.69) is 6.92 Å². The van der Waals surface area contributed by atoms with Gasteiger partial charge in [0.2, 0.25) is 0 Å². The zero-order chi connectivity index (χ0) is 12.7. The predicted octanol–water partition coefficient (Wildman–Crippen LogP) is 3.84. The molecule has 0 saturated carbocycles. The Morgan fingerprint density at radius 1 is 1.29 bits per heavy atom. The van der Waals surface area contributed by atoms with Crippen LogP contribution in [0.5, 0.6) is 5.75 Å². The maximum Gasteiger partial charge on any atom is 0.170 e. The molecule has 1 N–H and O–H groups in total. The molecule has 0 amide bonds. The molecule has 1 atom stereocenters. The Kier molecular flexibility index (Phi) is 5.98. The first-order chi connectivity index (χ1) is 8.20. The van der Waals surface area contributed by atoms with E-state index in [1.807, 2.05) is 0 Å². The number of unbranched alkanes of at least 4 members (excludes halogenated alkanes) is 3. The van der Waals surface area contributed by atoms with Crippen molar-refractivity contribution in [1.29, 1.82) is 0 Å². The minimum Gasteiger partial charge on any atom is -0.494 e. The van der Waals surface area contributed by atoms with Gasteiger partial charge in [0.05, 0.1) is 13.2 Å². The van der Waals surface area contributed by atoms with Gasteiger partial charge in [-0.05, 0) is 12.5 Å². The molecule has 1 rings (SSSR count). The number of hydrogen-bond acceptors (Lipinski definition) is 2. The van der Waals surface area contributed by atoms with Gasteiger partial charge in [-0.15, -0.1) is 0 Å². The molecule has 96 valence electrons. The molecule has 0 heterocycles. The summed E-state index contributed by atoms with van der Waals surface area (Å²) in [6.45, 7) is 2.14. The van der Waals surface area contributed by atoms with E-state index in [0.29, 0.717) is 12.0 Å². The Hall–Kier alpha value is -1.09. The molecule has 0 bridgehead atoms. The van der Waals surface area contributed by atoms with E-state index in [1.54, 1.807) is 18.2 Å². The van der Waals surface area contributed by atoms with Crippen LogP contribution in [0.4, 0.5) is 4.39 Å². The van der Waals surface area contributed by atoms with Crippen molar-refractivity contribution in [3.8, 4) is 5.75 Å². The van der Waals surface area contributed by atoms with Crippen LogP contribution in [-0.2, 0) is 0 Å². The number of benzene rings is 1. The van der Waals surface area contributed by atoms with Gasteiger partial charge >= 0.3 is 0 Å². The maximum atomic E-state index is 13.8. The average molecular weight is 240 g/mol. The van der Waals surface area contributed by atoms with Crippen LogP contribution in [-0.4, -0.2) is 12.2 Å². The standard InChI is InChI=1S/C14H21FO2/c1-3-4-5-6-9-12(16)11-8-7-10-13(17-2)14(11)15/h7-8,10,12,16H,3-6,9H2,1-2H3. The molecule has 0 spiro atoms. The summed E-state index contributed by atoms with van der Waals surface area (Å²) < 4.78 is 18.7. The summed E-state index contributed by atoms with van der Waals surface area (Å²) in [6, 6.07) is 4.87. The lowest BCUT2D eigenvalue weighted by Gasteiger charge is -2.13. The zero-order valence-corrected chi connectivity index (χ0v) is 10.6. The van der Waals surface area contributed by atoms with E-state index >= 15 is 0 Å². The summed E-state index contributed by atoms with van der Waals surface area (Å²) in [4.78, 5) is 0. The van der Waals surface area contributed by atoms with Crippen molar-refractivity contribution < 1.29 is 14.2 Å². The topological polar surface area (TPSA) is 29.5 Å². The van der Waals surface area contributed by atoms with Crippen molar-refractivity contribution in [3.05, 3.63) is 29.6 Å². The van der Waals surface area contributed by atoms with Crippen LogP contribution in [0, 0.1) is 5.82 Å². The molecule has 0 radical (unpaired) electrons. The first-order valence-corrected chi connectivity index (χ1v) is 6.21. The Bertz CT molecular complexity index is 339. The number of methoxy groups -OCH3 is 1. The van der Waals surface area contributed by atoms with Gasteiger partial charge in [-0.25, -0.2) is 4.39 Å². The van der Waals surface area contributed by atoms with Gasteiger partial charge in [0, 0.05) is 5.56 Å². The third kappa shape index (κ3) is 4.00. The van der Waals surface area contributed by atoms with E-state index in [-0.39, 0.29) is 5.75 Å². The van der Waals surface area contributed by atoms with E-state index in [1.165, 1.54) is 7.11 Å². The summed E-state index contributed by atoms with van der Waals surface area (Å²) in [5.41, 5.74) is 0.334. The van der Waals surface area contributed by atoms with Crippen LogP contribution in [0.3, 0.4) is 0 Å². The number of rotatable bonds is 7. The fraction of sp³-hybridized carbons (Fsp3) is 0.571. The van der Waals surface area contributed by atoms with Crippen LogP contribution in [0.2, 0.25) is 0 Å². The van der Waals surface area contributed by atoms with Crippen LogP contribution >= 0.6 is 0 Å². The minimum absolute atomic E-state index is 0.190. The Labute approximate surface area is 102 Å². The third-order valence-corrected chi connectivity index (χ3v) is 2.90. The Balaban J connectivity index is 2.59. The average Bonchev–Trinajstić information content (AvgIpc) is 2.34. The summed E-state index contributed by atoms with van der Waals surface area (Å²) in [5.74, 6) is -0.256. The van der Waals surface area contributed by atoms with Crippen LogP contribution in [0.1, 0.15) is 50.7 Å². The number of ether oxygens (including phenoxy) is 1. The van der Waals surface area contributed by atoms with Gasteiger partial charge in [-0.2, -0.15) is 0 Å². The highest BCUT2D eigenvalue weighted by atomic mass is 19.1. The summed E-state index contributed by atoms with van der Waals surface area (Å²) in [6.07, 6.45) is 4.19. The van der Waals surface area contributed by atoms with E-state index < -0.39 is 11.9 Å². The molecule has 0 aliphatic heterocycles. The molecule has 0 aromatic heterocycles. The maximum absolute atomic E-state index is 13.8. The van der Waals surface area contributed by atoms with Gasteiger partial charge in [0.25, 0.3) is 0 Å². The van der Waals surface area contributed by atoms with Crippen LogP contribution in [0.15, 0.2) is 18.2 Å². The molecule has 0 saturated heterocycles. The fourth-order valence-electron chi connectivity index (χ4n) is 1.86. The third-order valence-electron chi connectivity index (χ3n) is 2.90. The highest BCUT2D eigenvalue weighted by Crippen LogP contribution is 2.27. The van der Waals surface area contributed by atoms with Crippen molar-refractivity contribution >= 4 is 0 Å². The number of hydrogen-bond donors (Lipinski definition) is 1. The van der Waals surface area contributed by atoms with Crippen molar-refractivity contribution in [2.75, 3.05) is 7.11 Å². The Morgan fingerprint density at radius 3 is 2.71 bits per heavy atom. The van der Waals surface area contributed by atoms with Crippen molar-refractivity contribution in [3.63, 3.8) is 0 Å². The number of aliphatic hydroxyl groups excluding tert-OH is 1. The first kappa shape index (κ1) is 14.0. The SMILES string of the molecule is CCCCCCC(O)c1cccc(OC)c1F. The van der Waals surface area contributed by atoms with Crippen LogP contribution in [0.25, 0.3) is 0 Å². The van der Waals surface area contributed by atoms with Crippen molar-refractivity contribution in [2.45, 2.75) is 45.1 Å². The number of aliphatic hydroxyl groups is 1. The highest BCUT2D eigenvalue weighted by molar-refractivity contribution is 5.32. The van der Waals surface area contributed by atoms with E-state index in [0.717, 1.165) is 25.7 Å². The normalized spacial score (nSPS) is 12.5. The number of halogens is 1. The van der Waals surface area contributed by atoms with Crippen molar-refractivity contribution in [2.24, 2.45) is 0 Å². The van der Waals surface area contributed by atoms with Crippen LogP contribution < -0.4 is 4.74 Å². The second-order valence-electron chi connectivity index (χ2n) is 4.23. The van der Waals surface area contributed by atoms with Crippen molar-refractivity contribution in [1.82, 2.24) is 0 Å².